The van der Waals surface area contributed by atoms with Crippen LogP contribution in [0.1, 0.15) is 42.7 Å². The zero-order chi connectivity index (χ0) is 34.0. The topological polar surface area (TPSA) is 28.6 Å². The molecular formula is C46H65Cl2N5+2. The van der Waals surface area contributed by atoms with Crippen molar-refractivity contribution in [1.29, 1.82) is 0 Å². The fraction of sp³-hybridized carbons (Fsp3) is 0.348. The fourth-order valence-corrected chi connectivity index (χ4v) is 7.58. The molecule has 5 nitrogen and oxygen atoms in total. The third-order valence-corrected chi connectivity index (χ3v) is 10.6. The van der Waals surface area contributed by atoms with Crippen LogP contribution in [0.25, 0.3) is 0 Å². The molecule has 0 saturated heterocycles. The highest BCUT2D eigenvalue weighted by atomic mass is 35.5. The van der Waals surface area contributed by atoms with Crippen molar-refractivity contribution in [3.05, 3.63) is 149 Å². The second-order valence-electron chi connectivity index (χ2n) is 13.9. The highest BCUT2D eigenvalue weighted by Crippen LogP contribution is 2.25. The molecule has 3 unspecified atom stereocenters. The minimum Gasteiger partial charge on any atom is -1.00 e. The Hall–Kier alpha value is -3.84. The summed E-state index contributed by atoms with van der Waals surface area (Å²) in [5.74, 6) is 0. The lowest BCUT2D eigenvalue weighted by molar-refractivity contribution is -0.803. The summed E-state index contributed by atoms with van der Waals surface area (Å²) in [6.45, 7) is 6.08. The van der Waals surface area contributed by atoms with Gasteiger partial charge in [0.15, 0.2) is 0 Å². The third-order valence-electron chi connectivity index (χ3n) is 10.6. The molecule has 3 atom stereocenters. The number of para-hydroxylation sites is 5. The molecule has 5 aliphatic heterocycles. The van der Waals surface area contributed by atoms with Gasteiger partial charge >= 0.3 is 0 Å². The van der Waals surface area contributed by atoms with E-state index < -0.39 is 0 Å². The molecule has 5 aromatic carbocycles. The third kappa shape index (κ3) is 11.8. The van der Waals surface area contributed by atoms with Crippen molar-refractivity contribution < 1.29 is 27.1 Å². The summed E-state index contributed by atoms with van der Waals surface area (Å²) < 4.78 is 0. The molecule has 5 aromatic rings. The predicted octanol–water partition coefficient (Wildman–Crippen LogP) is 3.20. The van der Waals surface area contributed by atoms with Crippen molar-refractivity contribution in [3.8, 4) is 0 Å². The summed E-state index contributed by atoms with van der Waals surface area (Å²) in [4.78, 5) is 6.96. The van der Waals surface area contributed by atoms with Crippen molar-refractivity contribution in [3.63, 3.8) is 0 Å². The molecule has 0 bridgehead atoms. The summed E-state index contributed by atoms with van der Waals surface area (Å²) in [6, 6.07) is 43.1. The monoisotopic (exact) mass is 757 g/mol. The number of benzene rings is 5. The second-order valence-corrected chi connectivity index (χ2v) is 13.9. The van der Waals surface area contributed by atoms with Gasteiger partial charge in [-0.05, 0) is 54.3 Å². The Labute approximate surface area is 333 Å². The number of hydrogen-bond acceptors (Lipinski definition) is 2. The minimum absolute atomic E-state index is 0. The Balaban J connectivity index is 0.000000225. The summed E-state index contributed by atoms with van der Waals surface area (Å²) in [7, 11) is 8.83. The molecule has 0 amide bonds. The van der Waals surface area contributed by atoms with Crippen LogP contribution < -0.4 is 37.3 Å². The molecule has 4 N–H and O–H groups in total. The van der Waals surface area contributed by atoms with E-state index >= 15 is 0 Å². The molecule has 0 radical (unpaired) electrons. The first kappa shape index (κ1) is 45.3. The maximum absolute atomic E-state index is 3.30. The van der Waals surface area contributed by atoms with Crippen LogP contribution in [-0.2, 0) is 32.1 Å². The number of rotatable bonds is 0. The molecule has 0 fully saturated rings. The van der Waals surface area contributed by atoms with Gasteiger partial charge in [0.1, 0.15) is 17.1 Å². The van der Waals surface area contributed by atoms with Gasteiger partial charge in [0.05, 0.1) is 40.8 Å². The summed E-state index contributed by atoms with van der Waals surface area (Å²) in [6.07, 6.45) is 6.16. The summed E-state index contributed by atoms with van der Waals surface area (Å²) in [5.41, 5.74) is 14.7. The van der Waals surface area contributed by atoms with Crippen molar-refractivity contribution in [2.24, 2.45) is 0 Å². The maximum atomic E-state index is 3.30. The van der Waals surface area contributed by atoms with Crippen molar-refractivity contribution in [2.45, 2.75) is 47.0 Å². The van der Waals surface area contributed by atoms with Gasteiger partial charge < -0.3 is 37.3 Å². The van der Waals surface area contributed by atoms with Crippen molar-refractivity contribution >= 4 is 40.8 Å². The first-order valence-electron chi connectivity index (χ1n) is 18.3. The number of nitrogens with one attached hydrogen (secondary N) is 4. The molecule has 0 spiro atoms. The van der Waals surface area contributed by atoms with Crippen LogP contribution in [0.3, 0.4) is 0 Å². The van der Waals surface area contributed by atoms with Gasteiger partial charge in [-0.1, -0.05) is 106 Å². The average Bonchev–Trinajstić information content (AvgIpc) is 4.00. The van der Waals surface area contributed by atoms with E-state index in [0.29, 0.717) is 0 Å². The van der Waals surface area contributed by atoms with Crippen LogP contribution in [-0.4, -0.2) is 60.9 Å². The van der Waals surface area contributed by atoms with Gasteiger partial charge in [0, 0.05) is 67.5 Å². The van der Waals surface area contributed by atoms with Crippen LogP contribution in [0.15, 0.2) is 121 Å². The van der Waals surface area contributed by atoms with E-state index in [4.69, 9.17) is 0 Å². The maximum Gasteiger partial charge on any atom is 0.134 e. The van der Waals surface area contributed by atoms with E-state index in [0.717, 1.165) is 6.54 Å². The largest absolute Gasteiger partial charge is 1.00 e. The molecule has 53 heavy (non-hydrogen) atoms. The van der Waals surface area contributed by atoms with E-state index in [1.165, 1.54) is 115 Å². The Morgan fingerprint density at radius 3 is 1.26 bits per heavy atom. The molecule has 0 aliphatic carbocycles. The lowest BCUT2D eigenvalue weighted by Gasteiger charge is -2.10. The van der Waals surface area contributed by atoms with Crippen LogP contribution in [0.2, 0.25) is 0 Å². The Kier molecular flexibility index (Phi) is 19.1. The molecule has 286 valence electrons. The van der Waals surface area contributed by atoms with E-state index in [1.54, 1.807) is 14.7 Å². The standard InChI is InChI=1S/4C9H11N.C8H9N.2CH4.2ClH/c4*1-10-7-6-8-4-2-3-5-9(8)10;1-2-4-8-7(3-1)5-6-9-8;;;;/h4*2-5H,6-7H2,1H3;1-4,9H,5-6H2;2*1H4;2*1H/p+2. The number of halogens is 2. The van der Waals surface area contributed by atoms with Crippen LogP contribution in [0, 0.1) is 0 Å². The number of anilines is 2. The predicted molar refractivity (Wildman–Crippen MR) is 227 cm³/mol. The zero-order valence-electron chi connectivity index (χ0n) is 30.9. The molecule has 7 heteroatoms. The molecule has 10 rings (SSSR count). The normalized spacial score (nSPS) is 18.3. The Morgan fingerprint density at radius 1 is 0.472 bits per heavy atom. The lowest BCUT2D eigenvalue weighted by Crippen LogP contribution is -3.02. The quantitative estimate of drug-likeness (QED) is 0.196. The van der Waals surface area contributed by atoms with Crippen molar-refractivity contribution in [1.82, 2.24) is 0 Å². The van der Waals surface area contributed by atoms with Gasteiger partial charge in [-0.3, -0.25) is 0 Å². The average molecular weight is 759 g/mol. The smallest absolute Gasteiger partial charge is 0.134 e. The summed E-state index contributed by atoms with van der Waals surface area (Å²) in [5, 5.41) is 3.30. The first-order chi connectivity index (χ1) is 24.0. The van der Waals surface area contributed by atoms with Gasteiger partial charge in [-0.15, -0.1) is 12.4 Å². The zero-order valence-corrected chi connectivity index (χ0v) is 32.4. The SMILES string of the molecule is C.C.CN1CCc2ccccc21.C[NH+]1CCc2ccccc21.C[NH+]1CCc2ccccc21.C[NH+]1CCc2ccccc21.Cl.[Cl-].c1ccc2c(c1)CCN2. The van der Waals surface area contributed by atoms with E-state index in [1.807, 2.05) is 0 Å². The highest BCUT2D eigenvalue weighted by molar-refractivity contribution is 5.85. The molecule has 0 aromatic heterocycles. The van der Waals surface area contributed by atoms with Gasteiger partial charge in [-0.2, -0.15) is 0 Å². The number of hydrogen-bond donors (Lipinski definition) is 4. The van der Waals surface area contributed by atoms with Gasteiger partial charge in [0.2, 0.25) is 0 Å². The molecular weight excluding hydrogens is 693 g/mol. The minimum atomic E-state index is 0. The fourth-order valence-electron chi connectivity index (χ4n) is 7.58. The van der Waals surface area contributed by atoms with Crippen LogP contribution >= 0.6 is 12.4 Å². The molecule has 5 heterocycles. The number of nitrogens with zero attached hydrogens (tertiary/aromatic N) is 1. The summed E-state index contributed by atoms with van der Waals surface area (Å²) >= 11 is 0. The Bertz CT molecular complexity index is 1570. The van der Waals surface area contributed by atoms with Crippen LogP contribution in [0.4, 0.5) is 28.4 Å². The highest BCUT2D eigenvalue weighted by Gasteiger charge is 2.20. The first-order valence-corrected chi connectivity index (χ1v) is 18.3. The van der Waals surface area contributed by atoms with Crippen LogP contribution in [0.5, 0.6) is 0 Å². The molecule has 5 aliphatic rings. The lowest BCUT2D eigenvalue weighted by atomic mass is 10.2. The number of likely N-dealkylation sites (N-methyl/N-ethyl adjacent to an activating group) is 4. The van der Waals surface area contributed by atoms with Gasteiger partial charge in [0.25, 0.3) is 0 Å². The number of fused-ring (bicyclic) bond motifs is 5. The second kappa shape index (κ2) is 22.4. The van der Waals surface area contributed by atoms with E-state index in [9.17, 15) is 0 Å². The van der Waals surface area contributed by atoms with E-state index in [2.05, 4.69) is 160 Å². The van der Waals surface area contributed by atoms with Gasteiger partial charge in [-0.25, -0.2) is 0 Å². The Morgan fingerprint density at radius 2 is 0.849 bits per heavy atom. The molecule has 0 saturated carbocycles. The van der Waals surface area contributed by atoms with E-state index in [-0.39, 0.29) is 39.7 Å². The van der Waals surface area contributed by atoms with Crippen molar-refractivity contribution in [2.75, 3.05) is 71.1 Å². The number of quaternary nitrogens is 3.